The van der Waals surface area contributed by atoms with Crippen molar-refractivity contribution < 1.29 is 19.5 Å². The summed E-state index contributed by atoms with van der Waals surface area (Å²) in [5, 5.41) is 16.1. The summed E-state index contributed by atoms with van der Waals surface area (Å²) in [7, 11) is 0. The number of rotatable bonds is 7. The number of hydrogen-bond donors (Lipinski definition) is 3. The number of amides is 3. The summed E-state index contributed by atoms with van der Waals surface area (Å²) < 4.78 is -0.631. The molecule has 1 spiro atoms. The molecule has 0 aromatic rings. The molecule has 0 aliphatic carbocycles. The zero-order valence-electron chi connectivity index (χ0n) is 19.0. The maximum Gasteiger partial charge on any atom is 0.244 e. The molecule has 3 N–H and O–H groups in total. The molecule has 3 amide bonds. The zero-order valence-corrected chi connectivity index (χ0v) is 19.8. The van der Waals surface area contributed by atoms with Crippen molar-refractivity contribution in [3.63, 3.8) is 0 Å². The first-order valence-electron chi connectivity index (χ1n) is 11.2. The monoisotopic (exact) mass is 439 g/mol. The van der Waals surface area contributed by atoms with Crippen LogP contribution in [0.3, 0.4) is 0 Å². The molecule has 170 valence electrons. The number of thioether (sulfide) groups is 1. The minimum Gasteiger partial charge on any atom is -0.394 e. The highest BCUT2D eigenvalue weighted by atomic mass is 32.2. The van der Waals surface area contributed by atoms with Crippen LogP contribution >= 0.6 is 11.8 Å². The summed E-state index contributed by atoms with van der Waals surface area (Å²) in [4.78, 5) is 42.0. The van der Waals surface area contributed by atoms with E-state index in [-0.39, 0.29) is 35.5 Å². The summed E-state index contributed by atoms with van der Waals surface area (Å²) >= 11 is 1.67. The summed E-state index contributed by atoms with van der Waals surface area (Å²) in [6.45, 7) is 12.2. The zero-order chi connectivity index (χ0) is 22.4. The number of carbonyl (C=O) groups is 3. The van der Waals surface area contributed by atoms with E-state index < -0.39 is 34.2 Å². The van der Waals surface area contributed by atoms with Crippen molar-refractivity contribution in [1.82, 2.24) is 15.5 Å². The van der Waals surface area contributed by atoms with Crippen LogP contribution < -0.4 is 10.6 Å². The van der Waals surface area contributed by atoms with Gasteiger partial charge in [-0.15, -0.1) is 11.8 Å². The van der Waals surface area contributed by atoms with E-state index in [0.717, 1.165) is 12.8 Å². The second kappa shape index (κ2) is 8.34. The highest BCUT2D eigenvalue weighted by molar-refractivity contribution is 8.02. The number of carbonyl (C=O) groups excluding carboxylic acids is 3. The fourth-order valence-electron chi connectivity index (χ4n) is 5.67. The lowest BCUT2D eigenvalue weighted by atomic mass is 9.65. The van der Waals surface area contributed by atoms with Crippen molar-refractivity contribution >= 4 is 29.5 Å². The Morgan fingerprint density at radius 2 is 1.97 bits per heavy atom. The Bertz CT molecular complexity index is 705. The highest BCUT2D eigenvalue weighted by Crippen LogP contribution is 2.68. The second-order valence-electron chi connectivity index (χ2n) is 10.1. The van der Waals surface area contributed by atoms with E-state index in [9.17, 15) is 19.5 Å². The molecule has 3 aliphatic heterocycles. The van der Waals surface area contributed by atoms with Crippen LogP contribution in [0.25, 0.3) is 0 Å². The predicted octanol–water partition coefficient (Wildman–Crippen LogP) is 1.54. The van der Waals surface area contributed by atoms with Crippen LogP contribution in [0, 0.1) is 17.8 Å². The van der Waals surface area contributed by atoms with Crippen molar-refractivity contribution in [2.24, 2.45) is 17.8 Å². The smallest absolute Gasteiger partial charge is 0.244 e. The SMILES string of the molecule is CCCNC(=O)[C@@H]1[C@H]2C(=O)N([C@@H](CC)CO)C(C(=O)NC(C)(C)C)C23S[C@@H]1CC3C. The first-order valence-corrected chi connectivity index (χ1v) is 12.1. The first-order chi connectivity index (χ1) is 14.0. The fraction of sp³-hybridized carbons (Fsp3) is 0.864. The van der Waals surface area contributed by atoms with Crippen molar-refractivity contribution in [3.05, 3.63) is 0 Å². The molecule has 7 atom stereocenters. The van der Waals surface area contributed by atoms with E-state index in [0.29, 0.717) is 13.0 Å². The lowest BCUT2D eigenvalue weighted by molar-refractivity contribution is -0.143. The third-order valence-corrected chi connectivity index (χ3v) is 8.93. The Balaban J connectivity index is 2.07. The standard InChI is InChI=1S/C22H37N3O4S/c1-7-9-23-18(27)15-14-10-12(3)22(30-14)16(15)20(29)25(13(8-2)11-26)17(22)19(28)24-21(4,5)6/h12-17,26H,7-11H2,1-6H3,(H,23,27)(H,24,28)/t12?,13-,14+,15-,16-,17?,22?/m0/s1. The van der Waals surface area contributed by atoms with Crippen LogP contribution in [0.15, 0.2) is 0 Å². The van der Waals surface area contributed by atoms with Crippen LogP contribution in [0.4, 0.5) is 0 Å². The van der Waals surface area contributed by atoms with Gasteiger partial charge >= 0.3 is 0 Å². The predicted molar refractivity (Wildman–Crippen MR) is 118 cm³/mol. The van der Waals surface area contributed by atoms with Crippen molar-refractivity contribution in [2.75, 3.05) is 13.2 Å². The Labute approximate surface area is 184 Å². The number of fused-ring (bicyclic) bond motifs is 1. The highest BCUT2D eigenvalue weighted by Gasteiger charge is 2.76. The van der Waals surface area contributed by atoms with Crippen molar-refractivity contribution in [3.8, 4) is 0 Å². The lowest BCUT2D eigenvalue weighted by Gasteiger charge is -2.41. The van der Waals surface area contributed by atoms with Crippen molar-refractivity contribution in [1.29, 1.82) is 0 Å². The average molecular weight is 440 g/mol. The summed E-state index contributed by atoms with van der Waals surface area (Å²) in [5.74, 6) is -1.22. The molecule has 0 radical (unpaired) electrons. The van der Waals surface area contributed by atoms with E-state index in [1.54, 1.807) is 16.7 Å². The van der Waals surface area contributed by atoms with Crippen LogP contribution in [0.1, 0.15) is 60.8 Å². The third kappa shape index (κ3) is 3.53. The maximum absolute atomic E-state index is 13.8. The molecule has 3 saturated heterocycles. The van der Waals surface area contributed by atoms with E-state index in [1.807, 2.05) is 34.6 Å². The van der Waals surface area contributed by atoms with Gasteiger partial charge in [-0.25, -0.2) is 0 Å². The van der Waals surface area contributed by atoms with Crippen LogP contribution in [0.2, 0.25) is 0 Å². The van der Waals surface area contributed by atoms with Gasteiger partial charge in [0, 0.05) is 17.3 Å². The van der Waals surface area contributed by atoms with Crippen molar-refractivity contribution in [2.45, 2.75) is 88.4 Å². The maximum atomic E-state index is 13.8. The van der Waals surface area contributed by atoms with Gasteiger partial charge in [-0.05, 0) is 46.0 Å². The summed E-state index contributed by atoms with van der Waals surface area (Å²) in [6.07, 6.45) is 2.21. The molecule has 8 heteroatoms. The number of hydrogen-bond acceptors (Lipinski definition) is 5. The molecule has 3 rings (SSSR count). The van der Waals surface area contributed by atoms with Gasteiger partial charge in [-0.1, -0.05) is 20.8 Å². The van der Waals surface area contributed by atoms with Gasteiger partial charge < -0.3 is 20.6 Å². The lowest BCUT2D eigenvalue weighted by Crippen LogP contribution is -2.60. The fourth-order valence-corrected chi connectivity index (χ4v) is 8.08. The number of aliphatic hydroxyl groups is 1. The Morgan fingerprint density at radius 1 is 1.30 bits per heavy atom. The molecule has 30 heavy (non-hydrogen) atoms. The van der Waals surface area contributed by atoms with Gasteiger partial charge in [0.15, 0.2) is 0 Å². The van der Waals surface area contributed by atoms with E-state index >= 15 is 0 Å². The molecule has 3 fully saturated rings. The number of likely N-dealkylation sites (tertiary alicyclic amines) is 1. The van der Waals surface area contributed by atoms with Gasteiger partial charge in [0.1, 0.15) is 6.04 Å². The van der Waals surface area contributed by atoms with E-state index in [4.69, 9.17) is 0 Å². The molecule has 0 aromatic carbocycles. The number of aliphatic hydroxyl groups excluding tert-OH is 1. The van der Waals surface area contributed by atoms with Crippen LogP contribution in [-0.2, 0) is 14.4 Å². The van der Waals surface area contributed by atoms with E-state index in [1.165, 1.54) is 0 Å². The second-order valence-corrected chi connectivity index (χ2v) is 11.6. The molecular weight excluding hydrogens is 402 g/mol. The topological polar surface area (TPSA) is 98.7 Å². The number of nitrogens with zero attached hydrogens (tertiary/aromatic N) is 1. The first kappa shape index (κ1) is 23.4. The Hall–Kier alpha value is -1.28. The normalized spacial score (nSPS) is 36.0. The van der Waals surface area contributed by atoms with Gasteiger partial charge in [-0.2, -0.15) is 0 Å². The average Bonchev–Trinajstić information content (AvgIpc) is 3.24. The molecule has 2 bridgehead atoms. The molecule has 0 saturated carbocycles. The van der Waals surface area contributed by atoms with Gasteiger partial charge in [-0.3, -0.25) is 14.4 Å². The molecule has 3 unspecified atom stereocenters. The van der Waals surface area contributed by atoms with Gasteiger partial charge in [0.25, 0.3) is 0 Å². The summed E-state index contributed by atoms with van der Waals surface area (Å²) in [5.41, 5.74) is -0.441. The van der Waals surface area contributed by atoms with Crippen LogP contribution in [0.5, 0.6) is 0 Å². The van der Waals surface area contributed by atoms with E-state index in [2.05, 4.69) is 17.6 Å². The third-order valence-electron chi connectivity index (χ3n) is 6.86. The van der Waals surface area contributed by atoms with Crippen LogP contribution in [-0.4, -0.2) is 68.5 Å². The quantitative estimate of drug-likeness (QED) is 0.559. The Kier molecular flexibility index (Phi) is 6.50. The molecule has 3 heterocycles. The van der Waals surface area contributed by atoms with Gasteiger partial charge in [0.05, 0.1) is 29.2 Å². The number of nitrogens with one attached hydrogen (secondary N) is 2. The molecule has 0 aromatic heterocycles. The molecular formula is C22H37N3O4S. The summed E-state index contributed by atoms with van der Waals surface area (Å²) in [6, 6.07) is -1.11. The van der Waals surface area contributed by atoms with Gasteiger partial charge in [0.2, 0.25) is 17.7 Å². The largest absolute Gasteiger partial charge is 0.394 e. The minimum atomic E-state index is -0.680. The minimum absolute atomic E-state index is 0.0482. The molecule has 7 nitrogen and oxygen atoms in total. The Morgan fingerprint density at radius 3 is 2.50 bits per heavy atom. The molecule has 3 aliphatic rings.